The highest BCUT2D eigenvalue weighted by molar-refractivity contribution is 7.84. The fraction of sp³-hybridized carbons (Fsp3) is 0.235. The van der Waals surface area contributed by atoms with E-state index in [0.717, 1.165) is 22.9 Å². The minimum absolute atomic E-state index is 0.604. The summed E-state index contributed by atoms with van der Waals surface area (Å²) in [5, 5.41) is 0. The molecule has 0 N–H and O–H groups in total. The summed E-state index contributed by atoms with van der Waals surface area (Å²) in [6.45, 7) is 3.20. The van der Waals surface area contributed by atoms with E-state index >= 15 is 0 Å². The molecule has 3 rings (SSSR count). The molecule has 6 heteroatoms. The standard InChI is InChI=1S/C16H16NO.CH4O3S/c1-3-17(2)15-7-5-4-6-13(15)14-10-12(11-18)8-9-16(14)17;1-5(2,3)4/h4-11H,3H2,1-2H3;1H3,(H,2,3,4)/q+1;/p-1. The van der Waals surface area contributed by atoms with E-state index in [1.165, 1.54) is 22.5 Å². The summed E-state index contributed by atoms with van der Waals surface area (Å²) in [5.41, 5.74) is 5.79. The molecule has 0 bridgehead atoms. The smallest absolute Gasteiger partial charge is 0.150 e. The third-order valence-electron chi connectivity index (χ3n) is 4.05. The van der Waals surface area contributed by atoms with Crippen molar-refractivity contribution in [1.29, 1.82) is 0 Å². The van der Waals surface area contributed by atoms with Gasteiger partial charge in [0.1, 0.15) is 17.7 Å². The van der Waals surface area contributed by atoms with Crippen LogP contribution in [0.15, 0.2) is 42.5 Å². The zero-order valence-electron chi connectivity index (χ0n) is 13.3. The largest absolute Gasteiger partial charge is 0.748 e. The van der Waals surface area contributed by atoms with Gasteiger partial charge in [-0.15, -0.1) is 0 Å². The second-order valence-electron chi connectivity index (χ2n) is 5.62. The Hall–Kier alpha value is -2.02. The topological polar surface area (TPSA) is 74.3 Å². The van der Waals surface area contributed by atoms with Gasteiger partial charge in [-0.25, -0.2) is 8.42 Å². The van der Waals surface area contributed by atoms with Crippen LogP contribution in [0.2, 0.25) is 0 Å². The molecule has 5 nitrogen and oxygen atoms in total. The molecule has 2 aromatic rings. The third kappa shape index (κ3) is 3.50. The van der Waals surface area contributed by atoms with E-state index in [4.69, 9.17) is 13.0 Å². The molecule has 0 saturated carbocycles. The molecular formula is C17H19NO4S. The Bertz CT molecular complexity index is 837. The second-order valence-corrected chi connectivity index (χ2v) is 7.03. The number of carbonyl (C=O) groups is 1. The van der Waals surface area contributed by atoms with Gasteiger partial charge in [-0.2, -0.15) is 0 Å². The van der Waals surface area contributed by atoms with E-state index in [9.17, 15) is 4.79 Å². The van der Waals surface area contributed by atoms with Gasteiger partial charge in [0.2, 0.25) is 0 Å². The van der Waals surface area contributed by atoms with Crippen LogP contribution in [0.1, 0.15) is 17.3 Å². The van der Waals surface area contributed by atoms with Crippen LogP contribution in [-0.2, 0) is 10.1 Å². The lowest BCUT2D eigenvalue weighted by molar-refractivity contribution is 0.112. The van der Waals surface area contributed by atoms with Crippen molar-refractivity contribution >= 4 is 27.8 Å². The summed E-state index contributed by atoms with van der Waals surface area (Å²) < 4.78 is 28.0. The fourth-order valence-electron chi connectivity index (χ4n) is 2.88. The Kier molecular flexibility index (Phi) is 4.70. The molecule has 0 amide bonds. The minimum atomic E-state index is -3.92. The molecule has 23 heavy (non-hydrogen) atoms. The zero-order chi connectivity index (χ0) is 17.3. The van der Waals surface area contributed by atoms with Crippen molar-refractivity contribution in [2.75, 3.05) is 19.8 Å². The first-order valence-electron chi connectivity index (χ1n) is 7.17. The predicted molar refractivity (Wildman–Crippen MR) is 90.8 cm³/mol. The maximum Gasteiger partial charge on any atom is 0.150 e. The monoisotopic (exact) mass is 333 g/mol. The number of carbonyl (C=O) groups excluding carboxylic acids is 1. The second kappa shape index (κ2) is 6.23. The zero-order valence-corrected chi connectivity index (χ0v) is 14.1. The molecule has 0 saturated heterocycles. The van der Waals surface area contributed by atoms with E-state index in [-0.39, 0.29) is 0 Å². The first-order chi connectivity index (χ1) is 10.7. The molecule has 0 fully saturated rings. The average molecular weight is 333 g/mol. The summed E-state index contributed by atoms with van der Waals surface area (Å²) in [5.74, 6) is 0. The quantitative estimate of drug-likeness (QED) is 0.481. The molecule has 1 aliphatic rings. The van der Waals surface area contributed by atoms with Crippen LogP contribution < -0.4 is 4.48 Å². The van der Waals surface area contributed by atoms with E-state index < -0.39 is 10.1 Å². The van der Waals surface area contributed by atoms with E-state index in [0.29, 0.717) is 6.26 Å². The van der Waals surface area contributed by atoms with Crippen molar-refractivity contribution in [1.82, 2.24) is 4.48 Å². The molecule has 122 valence electrons. The number of rotatable bonds is 2. The van der Waals surface area contributed by atoms with Gasteiger partial charge in [0.15, 0.2) is 0 Å². The van der Waals surface area contributed by atoms with Crippen molar-refractivity contribution in [3.8, 4) is 11.1 Å². The molecule has 2 aromatic carbocycles. The van der Waals surface area contributed by atoms with Gasteiger partial charge in [0.25, 0.3) is 0 Å². The summed E-state index contributed by atoms with van der Waals surface area (Å²) >= 11 is 0. The van der Waals surface area contributed by atoms with Gasteiger partial charge < -0.3 is 4.55 Å². The minimum Gasteiger partial charge on any atom is -0.748 e. The molecule has 1 aliphatic heterocycles. The van der Waals surface area contributed by atoms with E-state index in [2.05, 4.69) is 44.3 Å². The number of hydrogen-bond donors (Lipinski definition) is 0. The molecule has 0 aliphatic carbocycles. The maximum atomic E-state index is 10.9. The van der Waals surface area contributed by atoms with Gasteiger partial charge in [0.05, 0.1) is 23.7 Å². The van der Waals surface area contributed by atoms with Gasteiger partial charge >= 0.3 is 0 Å². The molecule has 0 spiro atoms. The number of nitrogens with zero attached hydrogens (tertiary/aromatic N) is 1. The number of aldehydes is 1. The first-order valence-corrected chi connectivity index (χ1v) is 8.98. The third-order valence-corrected chi connectivity index (χ3v) is 4.05. The normalized spacial score (nSPS) is 18.4. The number of hydrogen-bond acceptors (Lipinski definition) is 4. The maximum absolute atomic E-state index is 10.9. The Morgan fingerprint density at radius 3 is 2.22 bits per heavy atom. The van der Waals surface area contributed by atoms with Gasteiger partial charge in [0, 0.05) is 35.1 Å². The lowest BCUT2D eigenvalue weighted by Gasteiger charge is -2.28. The van der Waals surface area contributed by atoms with Crippen molar-refractivity contribution in [3.05, 3.63) is 48.0 Å². The average Bonchev–Trinajstić information content (AvgIpc) is 2.76. The van der Waals surface area contributed by atoms with Crippen LogP contribution in [0.5, 0.6) is 0 Å². The molecule has 1 unspecified atom stereocenters. The van der Waals surface area contributed by atoms with Crippen LogP contribution in [0, 0.1) is 0 Å². The number of fused-ring (bicyclic) bond motifs is 3. The molecular weight excluding hydrogens is 314 g/mol. The van der Waals surface area contributed by atoms with Crippen molar-refractivity contribution < 1.29 is 17.8 Å². The molecule has 1 atom stereocenters. The molecule has 0 radical (unpaired) electrons. The van der Waals surface area contributed by atoms with Crippen LogP contribution in [-0.4, -0.2) is 39.1 Å². The lowest BCUT2D eigenvalue weighted by Crippen LogP contribution is -2.37. The van der Waals surface area contributed by atoms with Crippen molar-refractivity contribution in [2.45, 2.75) is 6.92 Å². The number of benzene rings is 2. The summed E-state index contributed by atoms with van der Waals surface area (Å²) in [4.78, 5) is 10.9. The van der Waals surface area contributed by atoms with E-state index in [1.54, 1.807) is 0 Å². The highest BCUT2D eigenvalue weighted by atomic mass is 32.2. The van der Waals surface area contributed by atoms with Crippen molar-refractivity contribution in [3.63, 3.8) is 0 Å². The Morgan fingerprint density at radius 1 is 1.09 bits per heavy atom. The Morgan fingerprint density at radius 2 is 1.65 bits per heavy atom. The van der Waals surface area contributed by atoms with Gasteiger partial charge in [-0.05, 0) is 25.1 Å². The lowest BCUT2D eigenvalue weighted by atomic mass is 10.0. The number of quaternary nitrogens is 1. The van der Waals surface area contributed by atoms with Crippen LogP contribution in [0.4, 0.5) is 11.4 Å². The van der Waals surface area contributed by atoms with Gasteiger partial charge in [-0.1, -0.05) is 12.1 Å². The first kappa shape index (κ1) is 17.3. The highest BCUT2D eigenvalue weighted by Gasteiger charge is 2.38. The van der Waals surface area contributed by atoms with Gasteiger partial charge in [-0.3, -0.25) is 9.28 Å². The van der Waals surface area contributed by atoms with E-state index in [1.807, 2.05) is 12.1 Å². The highest BCUT2D eigenvalue weighted by Crippen LogP contribution is 2.51. The Balaban J connectivity index is 0.000000338. The summed E-state index contributed by atoms with van der Waals surface area (Å²) in [6, 6.07) is 14.5. The fourth-order valence-corrected chi connectivity index (χ4v) is 2.88. The van der Waals surface area contributed by atoms with Crippen LogP contribution >= 0.6 is 0 Å². The van der Waals surface area contributed by atoms with Crippen LogP contribution in [0.3, 0.4) is 0 Å². The predicted octanol–water partition coefficient (Wildman–Crippen LogP) is 2.93. The Labute approximate surface area is 136 Å². The molecule has 1 heterocycles. The van der Waals surface area contributed by atoms with Crippen molar-refractivity contribution in [2.24, 2.45) is 0 Å². The van der Waals surface area contributed by atoms with Crippen LogP contribution in [0.25, 0.3) is 11.1 Å². The summed E-state index contributed by atoms with van der Waals surface area (Å²) in [7, 11) is -1.69. The molecule has 0 aromatic heterocycles. The summed E-state index contributed by atoms with van der Waals surface area (Å²) in [6.07, 6.45) is 1.52. The SMILES string of the molecule is CC[N+]1(C)c2ccccc2-c2cc(C=O)ccc21.CS(=O)(=O)[O-]. The number of para-hydroxylation sites is 1.